The summed E-state index contributed by atoms with van der Waals surface area (Å²) < 4.78 is 18.3. The molecule has 0 radical (unpaired) electrons. The van der Waals surface area contributed by atoms with Gasteiger partial charge < -0.3 is 15.0 Å². The zero-order valence-electron chi connectivity index (χ0n) is 11.1. The fourth-order valence-corrected chi connectivity index (χ4v) is 2.00. The van der Waals surface area contributed by atoms with E-state index in [4.69, 9.17) is 4.74 Å². The molecule has 1 aliphatic heterocycles. The Morgan fingerprint density at radius 3 is 3.05 bits per heavy atom. The number of likely N-dealkylation sites (tertiary alicyclic amines) is 1. The second kappa shape index (κ2) is 6.83. The van der Waals surface area contributed by atoms with Crippen LogP contribution in [0.5, 0.6) is 6.01 Å². The summed E-state index contributed by atoms with van der Waals surface area (Å²) in [5.41, 5.74) is 0. The van der Waals surface area contributed by atoms with Crippen LogP contribution >= 0.6 is 0 Å². The van der Waals surface area contributed by atoms with Gasteiger partial charge in [-0.15, -0.1) is 6.58 Å². The molecule has 1 N–H and O–H groups in total. The maximum absolute atomic E-state index is 12.7. The molecule has 0 saturated carbocycles. The van der Waals surface area contributed by atoms with E-state index in [0.717, 1.165) is 25.2 Å². The van der Waals surface area contributed by atoms with Crippen LogP contribution in [-0.4, -0.2) is 46.6 Å². The van der Waals surface area contributed by atoms with Crippen molar-refractivity contribution >= 4 is 6.03 Å². The molecule has 108 valence electrons. The average molecular weight is 280 g/mol. The maximum Gasteiger partial charge on any atom is 0.317 e. The second-order valence-electron chi connectivity index (χ2n) is 4.49. The fraction of sp³-hybridized carbons (Fsp3) is 0.462. The van der Waals surface area contributed by atoms with Gasteiger partial charge in [-0.3, -0.25) is 0 Å². The largest absolute Gasteiger partial charge is 0.458 e. The molecule has 2 heterocycles. The van der Waals surface area contributed by atoms with Crippen LogP contribution in [0, 0.1) is 5.82 Å². The number of urea groups is 1. The molecular formula is C13H17FN4O2. The van der Waals surface area contributed by atoms with Gasteiger partial charge in [0.25, 0.3) is 0 Å². The van der Waals surface area contributed by atoms with Crippen molar-refractivity contribution in [1.29, 1.82) is 0 Å². The van der Waals surface area contributed by atoms with Crippen LogP contribution < -0.4 is 10.1 Å². The lowest BCUT2D eigenvalue weighted by Gasteiger charge is -2.32. The van der Waals surface area contributed by atoms with Crippen LogP contribution in [0.4, 0.5) is 9.18 Å². The number of piperidine rings is 1. The summed E-state index contributed by atoms with van der Waals surface area (Å²) in [5, 5.41) is 2.73. The SMILES string of the molecule is C=CCNC(=O)N1CCCC(Oc2ncc(F)cn2)C1. The minimum atomic E-state index is -0.508. The quantitative estimate of drug-likeness (QED) is 0.845. The Hall–Kier alpha value is -2.18. The molecule has 0 aliphatic carbocycles. The van der Waals surface area contributed by atoms with E-state index in [2.05, 4.69) is 21.9 Å². The van der Waals surface area contributed by atoms with Crippen LogP contribution in [0.3, 0.4) is 0 Å². The molecular weight excluding hydrogens is 263 g/mol. The van der Waals surface area contributed by atoms with Crippen LogP contribution in [0.25, 0.3) is 0 Å². The number of hydrogen-bond donors (Lipinski definition) is 1. The molecule has 1 fully saturated rings. The molecule has 1 atom stereocenters. The van der Waals surface area contributed by atoms with Crippen molar-refractivity contribution < 1.29 is 13.9 Å². The smallest absolute Gasteiger partial charge is 0.317 e. The zero-order chi connectivity index (χ0) is 14.4. The highest BCUT2D eigenvalue weighted by Crippen LogP contribution is 2.15. The predicted molar refractivity (Wildman–Crippen MR) is 70.8 cm³/mol. The summed E-state index contributed by atoms with van der Waals surface area (Å²) in [6.45, 7) is 5.13. The molecule has 2 amide bonds. The first kappa shape index (κ1) is 14.2. The average Bonchev–Trinajstić information content (AvgIpc) is 2.47. The lowest BCUT2D eigenvalue weighted by Crippen LogP contribution is -2.48. The minimum Gasteiger partial charge on any atom is -0.458 e. The third-order valence-corrected chi connectivity index (χ3v) is 2.93. The molecule has 7 heteroatoms. The Morgan fingerprint density at radius 1 is 1.60 bits per heavy atom. The summed E-state index contributed by atoms with van der Waals surface area (Å²) in [6.07, 6.45) is 5.21. The van der Waals surface area contributed by atoms with Crippen molar-refractivity contribution in [2.75, 3.05) is 19.6 Å². The Bertz CT molecular complexity index is 466. The van der Waals surface area contributed by atoms with Crippen molar-refractivity contribution in [3.05, 3.63) is 30.9 Å². The summed E-state index contributed by atoms with van der Waals surface area (Å²) in [5.74, 6) is -0.508. The van der Waals surface area contributed by atoms with Crippen LogP contribution in [0.1, 0.15) is 12.8 Å². The van der Waals surface area contributed by atoms with Gasteiger partial charge in [-0.05, 0) is 12.8 Å². The molecule has 1 saturated heterocycles. The number of halogens is 1. The number of carbonyl (C=O) groups is 1. The van der Waals surface area contributed by atoms with E-state index in [0.29, 0.717) is 19.6 Å². The van der Waals surface area contributed by atoms with Crippen LogP contribution in [-0.2, 0) is 0 Å². The van der Waals surface area contributed by atoms with Gasteiger partial charge in [0.15, 0.2) is 5.82 Å². The van der Waals surface area contributed by atoms with Crippen molar-refractivity contribution in [1.82, 2.24) is 20.2 Å². The molecule has 1 aliphatic rings. The standard InChI is InChI=1S/C13H17FN4O2/c1-2-5-15-13(19)18-6-3-4-11(9-18)20-12-16-7-10(14)8-17-12/h2,7-8,11H,1,3-6,9H2,(H,15,19). The fourth-order valence-electron chi connectivity index (χ4n) is 2.00. The topological polar surface area (TPSA) is 67.4 Å². The minimum absolute atomic E-state index is 0.129. The lowest BCUT2D eigenvalue weighted by molar-refractivity contribution is 0.0940. The maximum atomic E-state index is 12.7. The van der Waals surface area contributed by atoms with E-state index >= 15 is 0 Å². The number of carbonyl (C=O) groups excluding carboxylic acids is 1. The lowest BCUT2D eigenvalue weighted by atomic mass is 10.1. The van der Waals surface area contributed by atoms with Crippen LogP contribution in [0.15, 0.2) is 25.0 Å². The number of aromatic nitrogens is 2. The summed E-state index contributed by atoms with van der Waals surface area (Å²) in [7, 11) is 0. The van der Waals surface area contributed by atoms with E-state index in [1.165, 1.54) is 0 Å². The third-order valence-electron chi connectivity index (χ3n) is 2.93. The Kier molecular flexibility index (Phi) is 4.86. The van der Waals surface area contributed by atoms with Gasteiger partial charge in [0.2, 0.25) is 0 Å². The van der Waals surface area contributed by atoms with Gasteiger partial charge in [-0.1, -0.05) is 6.08 Å². The van der Waals surface area contributed by atoms with Gasteiger partial charge in [-0.2, -0.15) is 0 Å². The first-order valence-electron chi connectivity index (χ1n) is 6.47. The molecule has 1 unspecified atom stereocenters. The van der Waals surface area contributed by atoms with Gasteiger partial charge in [0, 0.05) is 13.1 Å². The predicted octanol–water partition coefficient (Wildman–Crippen LogP) is 1.35. The number of nitrogens with one attached hydrogen (secondary N) is 1. The van der Waals surface area contributed by atoms with Crippen molar-refractivity contribution in [2.45, 2.75) is 18.9 Å². The van der Waals surface area contributed by atoms with Gasteiger partial charge in [0.1, 0.15) is 6.10 Å². The first-order valence-corrected chi connectivity index (χ1v) is 6.47. The van der Waals surface area contributed by atoms with E-state index < -0.39 is 5.82 Å². The summed E-state index contributed by atoms with van der Waals surface area (Å²) in [4.78, 5) is 21.0. The van der Waals surface area contributed by atoms with Gasteiger partial charge >= 0.3 is 12.0 Å². The van der Waals surface area contributed by atoms with Crippen molar-refractivity contribution in [3.8, 4) is 6.01 Å². The summed E-state index contributed by atoms with van der Waals surface area (Å²) >= 11 is 0. The molecule has 0 spiro atoms. The number of amides is 2. The van der Waals surface area contributed by atoms with E-state index in [1.807, 2.05) is 0 Å². The summed E-state index contributed by atoms with van der Waals surface area (Å²) in [6, 6.07) is -0.0111. The third kappa shape index (κ3) is 3.91. The highest BCUT2D eigenvalue weighted by molar-refractivity contribution is 5.74. The highest BCUT2D eigenvalue weighted by Gasteiger charge is 2.25. The van der Waals surface area contributed by atoms with E-state index in [-0.39, 0.29) is 18.1 Å². The molecule has 1 aromatic rings. The van der Waals surface area contributed by atoms with Crippen molar-refractivity contribution in [3.63, 3.8) is 0 Å². The number of rotatable bonds is 4. The molecule has 0 bridgehead atoms. The first-order chi connectivity index (χ1) is 9.69. The van der Waals surface area contributed by atoms with Crippen molar-refractivity contribution in [2.24, 2.45) is 0 Å². The van der Waals surface area contributed by atoms with Gasteiger partial charge in [-0.25, -0.2) is 19.2 Å². The van der Waals surface area contributed by atoms with E-state index in [1.54, 1.807) is 11.0 Å². The molecule has 6 nitrogen and oxygen atoms in total. The monoisotopic (exact) mass is 280 g/mol. The second-order valence-corrected chi connectivity index (χ2v) is 4.49. The molecule has 0 aromatic carbocycles. The zero-order valence-corrected chi connectivity index (χ0v) is 11.1. The number of hydrogen-bond acceptors (Lipinski definition) is 4. The number of ether oxygens (including phenoxy) is 1. The molecule has 20 heavy (non-hydrogen) atoms. The van der Waals surface area contributed by atoms with Gasteiger partial charge in [0.05, 0.1) is 18.9 Å². The van der Waals surface area contributed by atoms with E-state index in [9.17, 15) is 9.18 Å². The Morgan fingerprint density at radius 2 is 2.35 bits per heavy atom. The Balaban J connectivity index is 1.88. The highest BCUT2D eigenvalue weighted by atomic mass is 19.1. The normalized spacial score (nSPS) is 18.4. The number of nitrogens with zero attached hydrogens (tertiary/aromatic N) is 3. The molecule has 2 rings (SSSR count). The van der Waals surface area contributed by atoms with Crippen LogP contribution in [0.2, 0.25) is 0 Å². The Labute approximate surface area is 116 Å². The molecule has 1 aromatic heterocycles.